The van der Waals surface area contributed by atoms with Crippen LogP contribution < -0.4 is 10.1 Å². The average molecular weight is 352 g/mol. The molecule has 0 aliphatic carbocycles. The van der Waals surface area contributed by atoms with E-state index in [0.717, 1.165) is 0 Å². The van der Waals surface area contributed by atoms with Crippen LogP contribution in [0, 0.1) is 10.1 Å². The number of hydrogen-bond donors (Lipinski definition) is 1. The molecule has 0 radical (unpaired) electrons. The molecule has 1 aromatic carbocycles. The summed E-state index contributed by atoms with van der Waals surface area (Å²) in [5.41, 5.74) is -0.264. The van der Waals surface area contributed by atoms with Gasteiger partial charge in [0.2, 0.25) is 0 Å². The average Bonchev–Trinajstić information content (AvgIpc) is 2.45. The van der Waals surface area contributed by atoms with Crippen molar-refractivity contribution in [2.75, 3.05) is 27.2 Å². The van der Waals surface area contributed by atoms with Gasteiger partial charge in [-0.1, -0.05) is 11.6 Å². The molecule has 7 nitrogen and oxygen atoms in total. The summed E-state index contributed by atoms with van der Waals surface area (Å²) < 4.78 is 5.41. The van der Waals surface area contributed by atoms with Crippen LogP contribution >= 0.6 is 24.0 Å². The maximum atomic E-state index is 12.1. The van der Waals surface area contributed by atoms with Crippen molar-refractivity contribution in [3.8, 4) is 5.75 Å². The largest absolute Gasteiger partial charge is 0.474 e. The van der Waals surface area contributed by atoms with Gasteiger partial charge in [-0.15, -0.1) is 12.4 Å². The fourth-order valence-electron chi connectivity index (χ4n) is 1.67. The number of amides is 1. The first-order valence-corrected chi connectivity index (χ1v) is 6.74. The number of hydrogen-bond acceptors (Lipinski definition) is 5. The predicted molar refractivity (Wildman–Crippen MR) is 87.0 cm³/mol. The quantitative estimate of drug-likeness (QED) is 0.600. The molecule has 1 aromatic rings. The number of nitrogens with zero attached hydrogens (tertiary/aromatic N) is 2. The molecular formula is C13H19Cl2N3O4. The van der Waals surface area contributed by atoms with Gasteiger partial charge in [0.15, 0.2) is 11.9 Å². The third-order valence-electron chi connectivity index (χ3n) is 2.84. The third kappa shape index (κ3) is 5.67. The molecule has 1 rings (SSSR count). The van der Waals surface area contributed by atoms with Crippen molar-refractivity contribution in [1.29, 1.82) is 0 Å². The highest BCUT2D eigenvalue weighted by Gasteiger charge is 2.23. The van der Waals surface area contributed by atoms with E-state index in [0.29, 0.717) is 13.1 Å². The zero-order valence-electron chi connectivity index (χ0n) is 12.5. The van der Waals surface area contributed by atoms with Gasteiger partial charge in [0.05, 0.1) is 4.92 Å². The topological polar surface area (TPSA) is 84.7 Å². The molecule has 9 heteroatoms. The van der Waals surface area contributed by atoms with Crippen molar-refractivity contribution in [2.45, 2.75) is 13.0 Å². The SMILES string of the molecule is CNCCN(C)C(=O)C(C)Oc1ccc(Cl)cc1[N+](=O)[O-].Cl. The molecule has 124 valence electrons. The molecule has 22 heavy (non-hydrogen) atoms. The number of ether oxygens (including phenoxy) is 1. The number of likely N-dealkylation sites (N-methyl/N-ethyl adjacent to an activating group) is 2. The van der Waals surface area contributed by atoms with E-state index in [2.05, 4.69) is 5.32 Å². The van der Waals surface area contributed by atoms with Gasteiger partial charge in [-0.2, -0.15) is 0 Å². The van der Waals surface area contributed by atoms with E-state index in [-0.39, 0.29) is 34.8 Å². The summed E-state index contributed by atoms with van der Waals surface area (Å²) in [4.78, 5) is 24.0. The van der Waals surface area contributed by atoms with Gasteiger partial charge in [0.25, 0.3) is 5.91 Å². The van der Waals surface area contributed by atoms with Crippen LogP contribution in [-0.4, -0.2) is 49.0 Å². The molecule has 1 unspecified atom stereocenters. The Balaban J connectivity index is 0.00000441. The Labute approximate surface area is 140 Å². The number of benzene rings is 1. The van der Waals surface area contributed by atoms with E-state index in [1.54, 1.807) is 21.0 Å². The van der Waals surface area contributed by atoms with Crippen LogP contribution in [0.3, 0.4) is 0 Å². The van der Waals surface area contributed by atoms with Crippen LogP contribution in [0.1, 0.15) is 6.92 Å². The summed E-state index contributed by atoms with van der Waals surface area (Å²) in [7, 11) is 3.44. The zero-order valence-corrected chi connectivity index (χ0v) is 14.1. The van der Waals surface area contributed by atoms with Gasteiger partial charge in [0, 0.05) is 31.2 Å². The number of nitro groups is 1. The summed E-state index contributed by atoms with van der Waals surface area (Å²) in [6.07, 6.45) is -0.827. The number of carbonyl (C=O) groups is 1. The first-order chi connectivity index (χ1) is 9.86. The van der Waals surface area contributed by atoms with Crippen molar-refractivity contribution in [2.24, 2.45) is 0 Å². The molecule has 1 atom stereocenters. The van der Waals surface area contributed by atoms with Crippen LogP contribution in [0.5, 0.6) is 5.75 Å². The van der Waals surface area contributed by atoms with Gasteiger partial charge in [-0.05, 0) is 26.1 Å². The van der Waals surface area contributed by atoms with Gasteiger partial charge in [-0.25, -0.2) is 0 Å². The van der Waals surface area contributed by atoms with Crippen LogP contribution in [0.15, 0.2) is 18.2 Å². The van der Waals surface area contributed by atoms with E-state index in [4.69, 9.17) is 16.3 Å². The minimum Gasteiger partial charge on any atom is -0.474 e. The molecular weight excluding hydrogens is 333 g/mol. The molecule has 1 N–H and O–H groups in total. The molecule has 0 aliphatic heterocycles. The normalized spacial score (nSPS) is 11.3. The lowest BCUT2D eigenvalue weighted by Crippen LogP contribution is -2.40. The van der Waals surface area contributed by atoms with Crippen molar-refractivity contribution in [3.63, 3.8) is 0 Å². The van der Waals surface area contributed by atoms with Crippen LogP contribution in [-0.2, 0) is 4.79 Å². The third-order valence-corrected chi connectivity index (χ3v) is 3.08. The van der Waals surface area contributed by atoms with Gasteiger partial charge in [-0.3, -0.25) is 14.9 Å². The zero-order chi connectivity index (χ0) is 16.0. The molecule has 0 spiro atoms. The summed E-state index contributed by atoms with van der Waals surface area (Å²) in [5, 5.41) is 14.1. The number of nitro benzene ring substituents is 1. The highest BCUT2D eigenvalue weighted by atomic mass is 35.5. The fourth-order valence-corrected chi connectivity index (χ4v) is 1.84. The van der Waals surface area contributed by atoms with Crippen molar-refractivity contribution >= 4 is 35.6 Å². The van der Waals surface area contributed by atoms with Crippen molar-refractivity contribution < 1.29 is 14.5 Å². The Morgan fingerprint density at radius 1 is 1.55 bits per heavy atom. The first kappa shape index (κ1) is 20.4. The van der Waals surface area contributed by atoms with Crippen LogP contribution in [0.2, 0.25) is 5.02 Å². The summed E-state index contributed by atoms with van der Waals surface area (Å²) in [6, 6.07) is 4.06. The fraction of sp³-hybridized carbons (Fsp3) is 0.462. The number of halogens is 2. The maximum absolute atomic E-state index is 12.1. The Morgan fingerprint density at radius 3 is 2.73 bits per heavy atom. The Kier molecular flexibility index (Phi) is 8.77. The maximum Gasteiger partial charge on any atom is 0.312 e. The smallest absolute Gasteiger partial charge is 0.312 e. The Hall–Kier alpha value is -1.57. The lowest BCUT2D eigenvalue weighted by molar-refractivity contribution is -0.386. The number of nitrogens with one attached hydrogen (secondary N) is 1. The molecule has 1 amide bonds. The summed E-state index contributed by atoms with van der Waals surface area (Å²) >= 11 is 5.73. The van der Waals surface area contributed by atoms with Gasteiger partial charge >= 0.3 is 5.69 Å². The number of carbonyl (C=O) groups excluding carboxylic acids is 1. The van der Waals surface area contributed by atoms with Gasteiger partial charge in [0.1, 0.15) is 0 Å². The van der Waals surface area contributed by atoms with E-state index in [1.165, 1.54) is 23.1 Å². The Morgan fingerprint density at radius 2 is 2.18 bits per heavy atom. The molecule has 0 bridgehead atoms. The van der Waals surface area contributed by atoms with E-state index >= 15 is 0 Å². The molecule has 0 saturated carbocycles. The molecule has 0 aliphatic rings. The van der Waals surface area contributed by atoms with E-state index in [9.17, 15) is 14.9 Å². The lowest BCUT2D eigenvalue weighted by atomic mass is 10.3. The summed E-state index contributed by atoms with van der Waals surface area (Å²) in [6.45, 7) is 2.72. The van der Waals surface area contributed by atoms with E-state index < -0.39 is 11.0 Å². The highest BCUT2D eigenvalue weighted by Crippen LogP contribution is 2.30. The van der Waals surface area contributed by atoms with Gasteiger partial charge < -0.3 is 15.0 Å². The van der Waals surface area contributed by atoms with E-state index in [1.807, 2.05) is 0 Å². The minimum atomic E-state index is -0.827. The first-order valence-electron chi connectivity index (χ1n) is 6.37. The highest BCUT2D eigenvalue weighted by molar-refractivity contribution is 6.30. The Bertz CT molecular complexity index is 528. The van der Waals surface area contributed by atoms with Crippen LogP contribution in [0.4, 0.5) is 5.69 Å². The minimum absolute atomic E-state index is 0. The molecule has 0 fully saturated rings. The lowest BCUT2D eigenvalue weighted by Gasteiger charge is -2.21. The van der Waals surface area contributed by atoms with Crippen molar-refractivity contribution in [1.82, 2.24) is 10.2 Å². The second-order valence-electron chi connectivity index (χ2n) is 4.49. The summed E-state index contributed by atoms with van der Waals surface area (Å²) in [5.74, 6) is -0.234. The standard InChI is InChI=1S/C13H18ClN3O4.ClH/c1-9(13(18)16(3)7-6-15-2)21-12-5-4-10(14)8-11(12)17(19)20;/h4-5,8-9,15H,6-7H2,1-3H3;1H. The molecule has 0 heterocycles. The molecule has 0 saturated heterocycles. The second kappa shape index (κ2) is 9.45. The number of rotatable bonds is 7. The predicted octanol–water partition coefficient (Wildman–Crippen LogP) is 2.12. The van der Waals surface area contributed by atoms with Crippen LogP contribution in [0.25, 0.3) is 0 Å². The monoisotopic (exact) mass is 351 g/mol. The van der Waals surface area contributed by atoms with Crippen molar-refractivity contribution in [3.05, 3.63) is 33.3 Å². The molecule has 0 aromatic heterocycles. The second-order valence-corrected chi connectivity index (χ2v) is 4.93.